The van der Waals surface area contributed by atoms with E-state index in [1.165, 1.54) is 67.0 Å². The van der Waals surface area contributed by atoms with E-state index < -0.39 is 26.0 Å². The highest BCUT2D eigenvalue weighted by atomic mass is 32.2. The normalized spacial score (nSPS) is 11.4. The summed E-state index contributed by atoms with van der Waals surface area (Å²) in [7, 11) is -7.72. The summed E-state index contributed by atoms with van der Waals surface area (Å²) < 4.78 is 54.7. The van der Waals surface area contributed by atoms with Crippen LogP contribution in [0.1, 0.15) is 10.4 Å². The smallest absolute Gasteiger partial charge is 0.264 e. The summed E-state index contributed by atoms with van der Waals surface area (Å²) in [6, 6.07) is 20.9. The van der Waals surface area contributed by atoms with Gasteiger partial charge in [0.25, 0.3) is 26.0 Å². The summed E-state index contributed by atoms with van der Waals surface area (Å²) in [6.07, 6.45) is 2.82. The van der Waals surface area contributed by atoms with Crippen LogP contribution >= 0.6 is 0 Å². The molecule has 0 spiro atoms. The van der Waals surface area contributed by atoms with Crippen molar-refractivity contribution >= 4 is 43.3 Å². The first kappa shape index (κ1) is 23.9. The molecule has 3 N–H and O–H groups in total. The maximum Gasteiger partial charge on any atom is 0.264 e. The molecular weight excluding hydrogens is 490 g/mol. The van der Waals surface area contributed by atoms with Gasteiger partial charge in [0.15, 0.2) is 0 Å². The van der Waals surface area contributed by atoms with E-state index in [1.807, 2.05) is 0 Å². The van der Waals surface area contributed by atoms with E-state index in [-0.39, 0.29) is 27.0 Å². The summed E-state index contributed by atoms with van der Waals surface area (Å²) in [5.41, 5.74) is 0.773. The van der Waals surface area contributed by atoms with Crippen LogP contribution in [-0.4, -0.2) is 32.7 Å². The topological polar surface area (TPSA) is 147 Å². The predicted molar refractivity (Wildman–Crippen MR) is 131 cm³/mol. The molecule has 0 atom stereocenters. The van der Waals surface area contributed by atoms with Gasteiger partial charge in [-0.05, 0) is 60.7 Å². The van der Waals surface area contributed by atoms with E-state index in [0.717, 1.165) is 0 Å². The zero-order chi connectivity index (χ0) is 24.9. The fourth-order valence-electron chi connectivity index (χ4n) is 2.99. The minimum Gasteiger partial charge on any atom is -0.322 e. The molecule has 4 rings (SSSR count). The lowest BCUT2D eigenvalue weighted by Gasteiger charge is -2.11. The maximum atomic E-state index is 12.7. The molecule has 178 valence electrons. The Balaban J connectivity index is 1.45. The first-order chi connectivity index (χ1) is 16.7. The molecule has 0 saturated carbocycles. The minimum atomic E-state index is -3.91. The SMILES string of the molecule is O=C(Nc1ccc(S(=O)(=O)Nc2ncccn2)cc1)c1cccc(NS(=O)(=O)c2ccccc2)c1. The third-order valence-electron chi connectivity index (χ3n) is 4.64. The lowest BCUT2D eigenvalue weighted by atomic mass is 10.2. The summed E-state index contributed by atoms with van der Waals surface area (Å²) in [5.74, 6) is -0.565. The third-order valence-corrected chi connectivity index (χ3v) is 7.39. The Labute approximate surface area is 202 Å². The average molecular weight is 510 g/mol. The second-order valence-corrected chi connectivity index (χ2v) is 10.5. The van der Waals surface area contributed by atoms with Gasteiger partial charge in [-0.2, -0.15) is 0 Å². The number of nitrogens with one attached hydrogen (secondary N) is 3. The van der Waals surface area contributed by atoms with Crippen molar-refractivity contribution in [3.63, 3.8) is 0 Å². The van der Waals surface area contributed by atoms with Crippen molar-refractivity contribution < 1.29 is 21.6 Å². The Kier molecular flexibility index (Phi) is 6.75. The van der Waals surface area contributed by atoms with Gasteiger partial charge in [0.2, 0.25) is 5.95 Å². The highest BCUT2D eigenvalue weighted by Crippen LogP contribution is 2.20. The van der Waals surface area contributed by atoms with Crippen molar-refractivity contribution in [1.29, 1.82) is 0 Å². The van der Waals surface area contributed by atoms with Crippen LogP contribution in [0.25, 0.3) is 0 Å². The molecule has 1 heterocycles. The van der Waals surface area contributed by atoms with Gasteiger partial charge in [-0.25, -0.2) is 31.5 Å². The number of rotatable bonds is 8. The van der Waals surface area contributed by atoms with Crippen LogP contribution < -0.4 is 14.8 Å². The van der Waals surface area contributed by atoms with Crippen LogP contribution in [0.3, 0.4) is 0 Å². The number of benzene rings is 3. The number of carbonyl (C=O) groups excluding carboxylic acids is 1. The molecule has 0 aliphatic carbocycles. The molecule has 1 amide bonds. The van der Waals surface area contributed by atoms with E-state index in [9.17, 15) is 21.6 Å². The number of hydrogen-bond donors (Lipinski definition) is 3. The van der Waals surface area contributed by atoms with Gasteiger partial charge in [0.05, 0.1) is 9.79 Å². The monoisotopic (exact) mass is 509 g/mol. The lowest BCUT2D eigenvalue weighted by Crippen LogP contribution is -2.16. The van der Waals surface area contributed by atoms with Crippen molar-refractivity contribution in [3.8, 4) is 0 Å². The molecule has 0 aliphatic heterocycles. The van der Waals surface area contributed by atoms with Gasteiger partial charge < -0.3 is 5.32 Å². The van der Waals surface area contributed by atoms with E-state index in [0.29, 0.717) is 5.69 Å². The highest BCUT2D eigenvalue weighted by Gasteiger charge is 2.17. The molecular formula is C23H19N5O5S2. The van der Waals surface area contributed by atoms with Crippen LogP contribution in [0.15, 0.2) is 107 Å². The number of nitrogens with zero attached hydrogens (tertiary/aromatic N) is 2. The second kappa shape index (κ2) is 9.91. The lowest BCUT2D eigenvalue weighted by molar-refractivity contribution is 0.102. The standard InChI is InChI=1S/C23H19N5O5S2/c29-22(17-6-4-7-19(16-17)27-34(30,31)20-8-2-1-3-9-20)26-18-10-12-21(13-11-18)35(32,33)28-23-24-14-5-15-25-23/h1-16,27H,(H,26,29)(H,24,25,28). The van der Waals surface area contributed by atoms with E-state index >= 15 is 0 Å². The summed E-state index contributed by atoms with van der Waals surface area (Å²) in [6.45, 7) is 0. The van der Waals surface area contributed by atoms with Crippen LogP contribution in [0, 0.1) is 0 Å². The molecule has 3 aromatic carbocycles. The summed E-state index contributed by atoms with van der Waals surface area (Å²) in [4.78, 5) is 20.4. The molecule has 0 saturated heterocycles. The molecule has 4 aromatic rings. The summed E-state index contributed by atoms with van der Waals surface area (Å²) >= 11 is 0. The van der Waals surface area contributed by atoms with Crippen molar-refractivity contribution in [1.82, 2.24) is 9.97 Å². The van der Waals surface area contributed by atoms with Gasteiger partial charge in [-0.1, -0.05) is 24.3 Å². The van der Waals surface area contributed by atoms with Crippen LogP contribution in [-0.2, 0) is 20.0 Å². The van der Waals surface area contributed by atoms with Crippen molar-refractivity contribution in [2.45, 2.75) is 9.79 Å². The molecule has 10 nitrogen and oxygen atoms in total. The van der Waals surface area contributed by atoms with Crippen molar-refractivity contribution in [3.05, 3.63) is 103 Å². The molecule has 12 heteroatoms. The Morgan fingerprint density at radius 2 is 1.26 bits per heavy atom. The molecule has 0 radical (unpaired) electrons. The Bertz CT molecular complexity index is 1550. The zero-order valence-electron chi connectivity index (χ0n) is 18.0. The highest BCUT2D eigenvalue weighted by molar-refractivity contribution is 7.93. The minimum absolute atomic E-state index is 0.0414. The van der Waals surface area contributed by atoms with Gasteiger partial charge >= 0.3 is 0 Å². The van der Waals surface area contributed by atoms with E-state index in [1.54, 1.807) is 30.3 Å². The predicted octanol–water partition coefficient (Wildman–Crippen LogP) is 3.33. The number of aromatic nitrogens is 2. The number of carbonyl (C=O) groups is 1. The van der Waals surface area contributed by atoms with Crippen LogP contribution in [0.4, 0.5) is 17.3 Å². The Hall–Kier alpha value is -4.29. The Morgan fingerprint density at radius 3 is 1.94 bits per heavy atom. The molecule has 35 heavy (non-hydrogen) atoms. The van der Waals surface area contributed by atoms with Gasteiger partial charge in [0, 0.05) is 29.3 Å². The second-order valence-electron chi connectivity index (χ2n) is 7.16. The number of amides is 1. The average Bonchev–Trinajstić information content (AvgIpc) is 2.85. The maximum absolute atomic E-state index is 12.7. The molecule has 0 unspecified atom stereocenters. The molecule has 0 aliphatic rings. The number of hydrogen-bond acceptors (Lipinski definition) is 7. The van der Waals surface area contributed by atoms with Gasteiger partial charge in [0.1, 0.15) is 0 Å². The number of sulfonamides is 2. The quantitative estimate of drug-likeness (QED) is 0.330. The summed E-state index contributed by atoms with van der Waals surface area (Å²) in [5, 5.41) is 2.65. The fraction of sp³-hybridized carbons (Fsp3) is 0. The van der Waals surface area contributed by atoms with Gasteiger partial charge in [-0.15, -0.1) is 0 Å². The third kappa shape index (κ3) is 5.99. The first-order valence-corrected chi connectivity index (χ1v) is 13.1. The molecule has 0 bridgehead atoms. The van der Waals surface area contributed by atoms with E-state index in [2.05, 4.69) is 24.7 Å². The molecule has 1 aromatic heterocycles. The molecule has 0 fully saturated rings. The van der Waals surface area contributed by atoms with Crippen molar-refractivity contribution in [2.24, 2.45) is 0 Å². The number of anilines is 3. The van der Waals surface area contributed by atoms with Crippen molar-refractivity contribution in [2.75, 3.05) is 14.8 Å². The fourth-order valence-corrected chi connectivity index (χ4v) is 5.02. The zero-order valence-corrected chi connectivity index (χ0v) is 19.6. The largest absolute Gasteiger partial charge is 0.322 e. The first-order valence-electron chi connectivity index (χ1n) is 10.1. The van der Waals surface area contributed by atoms with Crippen LogP contribution in [0.2, 0.25) is 0 Å². The van der Waals surface area contributed by atoms with E-state index in [4.69, 9.17) is 0 Å². The Morgan fingerprint density at radius 1 is 0.629 bits per heavy atom. The van der Waals surface area contributed by atoms with Crippen LogP contribution in [0.5, 0.6) is 0 Å². The van der Waals surface area contributed by atoms with Gasteiger partial charge in [-0.3, -0.25) is 9.52 Å².